The molecular weight excluding hydrogens is 240 g/mol. The predicted molar refractivity (Wildman–Crippen MR) is 69.9 cm³/mol. The van der Waals surface area contributed by atoms with Crippen LogP contribution in [0.15, 0.2) is 30.5 Å². The van der Waals surface area contributed by atoms with Crippen molar-refractivity contribution in [1.82, 2.24) is 4.98 Å². The molecule has 0 fully saturated rings. The summed E-state index contributed by atoms with van der Waals surface area (Å²) < 4.78 is 5.57. The first-order chi connectivity index (χ1) is 9.28. The fourth-order valence-corrected chi connectivity index (χ4v) is 2.22. The van der Waals surface area contributed by atoms with Gasteiger partial charge in [-0.05, 0) is 42.7 Å². The van der Waals surface area contributed by atoms with Crippen molar-refractivity contribution in [2.24, 2.45) is 0 Å². The van der Waals surface area contributed by atoms with E-state index < -0.39 is 0 Å². The summed E-state index contributed by atoms with van der Waals surface area (Å²) in [4.78, 5) is 4.16. The Kier molecular flexibility index (Phi) is 2.81. The van der Waals surface area contributed by atoms with Gasteiger partial charge in [0.15, 0.2) is 5.75 Å². The second-order valence-electron chi connectivity index (χ2n) is 4.47. The number of aromatic nitrogens is 1. The average molecular weight is 252 g/mol. The summed E-state index contributed by atoms with van der Waals surface area (Å²) in [7, 11) is 0. The number of ether oxygens (including phenoxy) is 1. The van der Waals surface area contributed by atoms with Crippen LogP contribution in [0, 0.1) is 11.3 Å². The highest BCUT2D eigenvalue weighted by Crippen LogP contribution is 2.30. The lowest BCUT2D eigenvalue weighted by molar-refractivity contribution is 0.288. The summed E-state index contributed by atoms with van der Waals surface area (Å²) in [5, 5.41) is 18.4. The van der Waals surface area contributed by atoms with Gasteiger partial charge in [-0.2, -0.15) is 5.26 Å². The Morgan fingerprint density at radius 1 is 1.32 bits per heavy atom. The van der Waals surface area contributed by atoms with Gasteiger partial charge < -0.3 is 9.84 Å². The van der Waals surface area contributed by atoms with Crippen molar-refractivity contribution in [3.8, 4) is 28.8 Å². The van der Waals surface area contributed by atoms with Crippen molar-refractivity contribution in [3.63, 3.8) is 0 Å². The van der Waals surface area contributed by atoms with E-state index in [0.29, 0.717) is 5.69 Å². The summed E-state index contributed by atoms with van der Waals surface area (Å²) in [6, 6.07) is 9.44. The molecule has 19 heavy (non-hydrogen) atoms. The topological polar surface area (TPSA) is 66.1 Å². The van der Waals surface area contributed by atoms with E-state index in [4.69, 9.17) is 10.00 Å². The molecule has 2 heterocycles. The zero-order chi connectivity index (χ0) is 13.2. The third kappa shape index (κ3) is 2.11. The van der Waals surface area contributed by atoms with Gasteiger partial charge in [0, 0.05) is 5.56 Å². The molecule has 0 aliphatic carbocycles. The molecule has 1 aromatic heterocycles. The van der Waals surface area contributed by atoms with E-state index in [1.54, 1.807) is 6.07 Å². The number of aryl methyl sites for hydroxylation is 1. The molecule has 0 saturated carbocycles. The molecule has 0 spiro atoms. The molecule has 1 N–H and O–H groups in total. The van der Waals surface area contributed by atoms with Crippen molar-refractivity contribution >= 4 is 0 Å². The third-order valence-corrected chi connectivity index (χ3v) is 3.21. The van der Waals surface area contributed by atoms with E-state index in [2.05, 4.69) is 4.98 Å². The number of rotatable bonds is 1. The second kappa shape index (κ2) is 4.62. The van der Waals surface area contributed by atoms with Crippen LogP contribution in [0.1, 0.15) is 17.5 Å². The van der Waals surface area contributed by atoms with E-state index in [1.165, 1.54) is 6.20 Å². The van der Waals surface area contributed by atoms with Crippen molar-refractivity contribution in [3.05, 3.63) is 41.6 Å². The largest absolute Gasteiger partial charge is 0.505 e. The normalized spacial score (nSPS) is 13.2. The SMILES string of the molecule is N#Cc1cc(-c2ccc3c(c2)CCCO3)ncc1O. The highest BCUT2D eigenvalue weighted by molar-refractivity contribution is 5.65. The highest BCUT2D eigenvalue weighted by Gasteiger charge is 2.12. The van der Waals surface area contributed by atoms with Crippen LogP contribution < -0.4 is 4.74 Å². The zero-order valence-corrected chi connectivity index (χ0v) is 10.3. The monoisotopic (exact) mass is 252 g/mol. The summed E-state index contributed by atoms with van der Waals surface area (Å²) in [6.07, 6.45) is 3.32. The van der Waals surface area contributed by atoms with Gasteiger partial charge in [0.05, 0.1) is 24.1 Å². The lowest BCUT2D eigenvalue weighted by atomic mass is 10.0. The lowest BCUT2D eigenvalue weighted by Crippen LogP contribution is -2.08. The third-order valence-electron chi connectivity index (χ3n) is 3.21. The summed E-state index contributed by atoms with van der Waals surface area (Å²) in [5.41, 5.74) is 3.01. The number of pyridine rings is 1. The minimum atomic E-state index is -0.0902. The molecule has 0 amide bonds. The maximum atomic E-state index is 9.47. The smallest absolute Gasteiger partial charge is 0.151 e. The van der Waals surface area contributed by atoms with Gasteiger partial charge in [0.1, 0.15) is 11.8 Å². The number of nitriles is 1. The van der Waals surface area contributed by atoms with Crippen molar-refractivity contribution in [2.75, 3.05) is 6.61 Å². The zero-order valence-electron chi connectivity index (χ0n) is 10.3. The molecule has 4 heteroatoms. The number of fused-ring (bicyclic) bond motifs is 1. The van der Waals surface area contributed by atoms with Gasteiger partial charge in [-0.1, -0.05) is 0 Å². The Labute approximate surface area is 110 Å². The van der Waals surface area contributed by atoms with E-state index in [1.807, 2.05) is 24.3 Å². The van der Waals surface area contributed by atoms with Gasteiger partial charge in [0.25, 0.3) is 0 Å². The molecule has 2 aromatic rings. The minimum absolute atomic E-state index is 0.0902. The Hall–Kier alpha value is -2.54. The minimum Gasteiger partial charge on any atom is -0.505 e. The Morgan fingerprint density at radius 3 is 3.05 bits per heavy atom. The Bertz CT molecular complexity index is 674. The van der Waals surface area contributed by atoms with Crippen LogP contribution in [0.25, 0.3) is 11.3 Å². The highest BCUT2D eigenvalue weighted by atomic mass is 16.5. The molecule has 1 aliphatic heterocycles. The fraction of sp³-hybridized carbons (Fsp3) is 0.200. The quantitative estimate of drug-likeness (QED) is 0.847. The van der Waals surface area contributed by atoms with E-state index in [-0.39, 0.29) is 11.3 Å². The van der Waals surface area contributed by atoms with Gasteiger partial charge in [0.2, 0.25) is 0 Å². The molecule has 1 aromatic carbocycles. The van der Waals surface area contributed by atoms with Gasteiger partial charge in [-0.15, -0.1) is 0 Å². The van der Waals surface area contributed by atoms with Crippen molar-refractivity contribution < 1.29 is 9.84 Å². The predicted octanol–water partition coefficient (Wildman–Crippen LogP) is 2.65. The van der Waals surface area contributed by atoms with Crippen LogP contribution in [0.3, 0.4) is 0 Å². The fourth-order valence-electron chi connectivity index (χ4n) is 2.22. The molecule has 0 saturated heterocycles. The molecule has 3 rings (SSSR count). The first-order valence-corrected chi connectivity index (χ1v) is 6.13. The Balaban J connectivity index is 2.05. The first-order valence-electron chi connectivity index (χ1n) is 6.13. The van der Waals surface area contributed by atoms with E-state index in [0.717, 1.165) is 36.3 Å². The number of hydrogen-bond acceptors (Lipinski definition) is 4. The van der Waals surface area contributed by atoms with Crippen LogP contribution in [-0.4, -0.2) is 16.7 Å². The number of hydrogen-bond donors (Lipinski definition) is 1. The van der Waals surface area contributed by atoms with Crippen LogP contribution in [0.5, 0.6) is 11.5 Å². The van der Waals surface area contributed by atoms with E-state index >= 15 is 0 Å². The number of aromatic hydroxyl groups is 1. The van der Waals surface area contributed by atoms with Crippen LogP contribution >= 0.6 is 0 Å². The maximum Gasteiger partial charge on any atom is 0.151 e. The van der Waals surface area contributed by atoms with Crippen LogP contribution in [0.4, 0.5) is 0 Å². The number of benzene rings is 1. The average Bonchev–Trinajstić information content (AvgIpc) is 2.47. The molecule has 1 aliphatic rings. The van der Waals surface area contributed by atoms with Gasteiger partial charge >= 0.3 is 0 Å². The summed E-state index contributed by atoms with van der Waals surface area (Å²) in [5.74, 6) is 0.835. The summed E-state index contributed by atoms with van der Waals surface area (Å²) in [6.45, 7) is 0.766. The first kappa shape index (κ1) is 11.5. The maximum absolute atomic E-state index is 9.47. The van der Waals surface area contributed by atoms with Crippen LogP contribution in [-0.2, 0) is 6.42 Å². The molecule has 0 unspecified atom stereocenters. The molecule has 0 bridgehead atoms. The standard InChI is InChI=1S/C15H12N2O2/c16-8-12-7-13(17-9-14(12)18)10-3-4-15-11(6-10)2-1-5-19-15/h3-4,6-7,9,18H,1-2,5H2. The summed E-state index contributed by atoms with van der Waals surface area (Å²) >= 11 is 0. The molecule has 94 valence electrons. The Morgan fingerprint density at radius 2 is 2.21 bits per heavy atom. The van der Waals surface area contributed by atoms with Gasteiger partial charge in [-0.3, -0.25) is 4.98 Å². The lowest BCUT2D eigenvalue weighted by Gasteiger charge is -2.17. The van der Waals surface area contributed by atoms with E-state index in [9.17, 15) is 5.11 Å². The number of nitrogens with zero attached hydrogens (tertiary/aromatic N) is 2. The molecule has 0 atom stereocenters. The van der Waals surface area contributed by atoms with Crippen molar-refractivity contribution in [2.45, 2.75) is 12.8 Å². The van der Waals surface area contributed by atoms with Crippen molar-refractivity contribution in [1.29, 1.82) is 5.26 Å². The van der Waals surface area contributed by atoms with Gasteiger partial charge in [-0.25, -0.2) is 0 Å². The molecule has 0 radical (unpaired) electrons. The molecule has 4 nitrogen and oxygen atoms in total. The van der Waals surface area contributed by atoms with Crippen LogP contribution in [0.2, 0.25) is 0 Å². The second-order valence-corrected chi connectivity index (χ2v) is 4.47. The molecular formula is C15H12N2O2.